The average molecular weight is 395 g/mol. The van der Waals surface area contributed by atoms with Gasteiger partial charge < -0.3 is 4.74 Å². The Hall–Kier alpha value is -2.23. The largest absolute Gasteiger partial charge is 0.459 e. The van der Waals surface area contributed by atoms with Gasteiger partial charge in [0.25, 0.3) is 0 Å². The standard InChI is InChI=1S/C25H34N2O2/c1-3-5-7-19-9-15-23(16-10-19)29-25(28)22-13-11-21(12-14-22)24-26-17-20(18-27-24)8-6-4-2/h11-14,17-19,23H,3-10,15-16H2,1-2H3. The highest BCUT2D eigenvalue weighted by atomic mass is 16.5. The molecular formula is C25H34N2O2. The van der Waals surface area contributed by atoms with Gasteiger partial charge in [0.1, 0.15) is 6.10 Å². The molecule has 1 fully saturated rings. The zero-order valence-corrected chi connectivity index (χ0v) is 17.9. The molecule has 0 bridgehead atoms. The van der Waals surface area contributed by atoms with Crippen LogP contribution in [0.1, 0.15) is 87.6 Å². The van der Waals surface area contributed by atoms with E-state index in [0.717, 1.165) is 37.2 Å². The van der Waals surface area contributed by atoms with E-state index >= 15 is 0 Å². The fourth-order valence-electron chi connectivity index (χ4n) is 4.02. The molecular weight excluding hydrogens is 360 g/mol. The van der Waals surface area contributed by atoms with Crippen LogP contribution < -0.4 is 0 Å². The van der Waals surface area contributed by atoms with Gasteiger partial charge in [0.15, 0.2) is 5.82 Å². The molecule has 1 heterocycles. The van der Waals surface area contributed by atoms with Gasteiger partial charge in [-0.05, 0) is 62.1 Å². The summed E-state index contributed by atoms with van der Waals surface area (Å²) >= 11 is 0. The van der Waals surface area contributed by atoms with Crippen LogP contribution in [0.3, 0.4) is 0 Å². The molecule has 2 aromatic rings. The normalized spacial score (nSPS) is 19.1. The molecule has 1 aliphatic rings. The number of ether oxygens (including phenoxy) is 1. The molecule has 1 aromatic carbocycles. The van der Waals surface area contributed by atoms with E-state index in [0.29, 0.717) is 11.4 Å². The highest BCUT2D eigenvalue weighted by molar-refractivity contribution is 5.90. The van der Waals surface area contributed by atoms with Gasteiger partial charge in [0.2, 0.25) is 0 Å². The number of aromatic nitrogens is 2. The number of hydrogen-bond donors (Lipinski definition) is 0. The van der Waals surface area contributed by atoms with E-state index in [4.69, 9.17) is 4.74 Å². The molecule has 0 atom stereocenters. The summed E-state index contributed by atoms with van der Waals surface area (Å²) in [4.78, 5) is 21.4. The maximum absolute atomic E-state index is 12.5. The number of rotatable bonds is 9. The summed E-state index contributed by atoms with van der Waals surface area (Å²) in [6.07, 6.45) is 15.5. The van der Waals surface area contributed by atoms with Crippen LogP contribution in [0.25, 0.3) is 11.4 Å². The maximum atomic E-state index is 12.5. The van der Waals surface area contributed by atoms with Gasteiger partial charge in [-0.2, -0.15) is 0 Å². The molecule has 0 radical (unpaired) electrons. The molecule has 0 aliphatic heterocycles. The third-order valence-corrected chi connectivity index (χ3v) is 5.94. The zero-order chi connectivity index (χ0) is 20.5. The van der Waals surface area contributed by atoms with Crippen molar-refractivity contribution in [3.05, 3.63) is 47.8 Å². The van der Waals surface area contributed by atoms with Gasteiger partial charge in [-0.1, -0.05) is 51.7 Å². The molecule has 1 aliphatic carbocycles. The van der Waals surface area contributed by atoms with Gasteiger partial charge in [-0.25, -0.2) is 14.8 Å². The lowest BCUT2D eigenvalue weighted by molar-refractivity contribution is 0.0161. The zero-order valence-electron chi connectivity index (χ0n) is 17.9. The van der Waals surface area contributed by atoms with Crippen molar-refractivity contribution < 1.29 is 9.53 Å². The minimum Gasteiger partial charge on any atom is -0.459 e. The van der Waals surface area contributed by atoms with Crippen LogP contribution in [0.2, 0.25) is 0 Å². The fourth-order valence-corrected chi connectivity index (χ4v) is 4.02. The van der Waals surface area contributed by atoms with E-state index in [1.54, 1.807) is 0 Å². The topological polar surface area (TPSA) is 52.1 Å². The molecule has 0 spiro atoms. The van der Waals surface area contributed by atoms with E-state index in [9.17, 15) is 4.79 Å². The first kappa shape index (κ1) is 21.5. The van der Waals surface area contributed by atoms with Crippen LogP contribution >= 0.6 is 0 Å². The lowest BCUT2D eigenvalue weighted by Gasteiger charge is -2.28. The molecule has 0 saturated heterocycles. The van der Waals surface area contributed by atoms with Crippen LogP contribution in [0.5, 0.6) is 0 Å². The molecule has 0 N–H and O–H groups in total. The van der Waals surface area contributed by atoms with Crippen molar-refractivity contribution in [1.29, 1.82) is 0 Å². The fraction of sp³-hybridized carbons (Fsp3) is 0.560. The molecule has 1 saturated carbocycles. The smallest absolute Gasteiger partial charge is 0.338 e. The Bertz CT molecular complexity index is 747. The summed E-state index contributed by atoms with van der Waals surface area (Å²) in [5.74, 6) is 1.29. The van der Waals surface area contributed by atoms with Gasteiger partial charge in [0, 0.05) is 18.0 Å². The molecule has 0 amide bonds. The monoisotopic (exact) mass is 394 g/mol. The Balaban J connectivity index is 1.51. The first-order valence-corrected chi connectivity index (χ1v) is 11.3. The summed E-state index contributed by atoms with van der Waals surface area (Å²) in [7, 11) is 0. The quantitative estimate of drug-likeness (QED) is 0.462. The second kappa shape index (κ2) is 11.1. The number of esters is 1. The summed E-state index contributed by atoms with van der Waals surface area (Å²) in [5.41, 5.74) is 2.68. The van der Waals surface area contributed by atoms with E-state index in [2.05, 4.69) is 23.8 Å². The minimum absolute atomic E-state index is 0.0686. The maximum Gasteiger partial charge on any atom is 0.338 e. The third kappa shape index (κ3) is 6.38. The molecule has 29 heavy (non-hydrogen) atoms. The Morgan fingerprint density at radius 2 is 1.62 bits per heavy atom. The van der Waals surface area contributed by atoms with Crippen molar-refractivity contribution in [3.63, 3.8) is 0 Å². The minimum atomic E-state index is -0.218. The number of unbranched alkanes of at least 4 members (excludes halogenated alkanes) is 2. The predicted molar refractivity (Wildman–Crippen MR) is 117 cm³/mol. The van der Waals surface area contributed by atoms with Gasteiger partial charge in [0.05, 0.1) is 5.56 Å². The van der Waals surface area contributed by atoms with Crippen LogP contribution in [0.4, 0.5) is 0 Å². The van der Waals surface area contributed by atoms with Crippen LogP contribution in [0, 0.1) is 5.92 Å². The van der Waals surface area contributed by atoms with Crippen LogP contribution in [-0.2, 0) is 11.2 Å². The van der Waals surface area contributed by atoms with Crippen molar-refractivity contribution in [1.82, 2.24) is 9.97 Å². The average Bonchev–Trinajstić information content (AvgIpc) is 2.77. The number of aryl methyl sites for hydroxylation is 1. The summed E-state index contributed by atoms with van der Waals surface area (Å²) in [5, 5.41) is 0. The summed E-state index contributed by atoms with van der Waals surface area (Å²) < 4.78 is 5.76. The molecule has 156 valence electrons. The Kier molecular flexibility index (Phi) is 8.21. The van der Waals surface area contributed by atoms with Crippen molar-refractivity contribution in [3.8, 4) is 11.4 Å². The molecule has 3 rings (SSSR count). The number of carbonyl (C=O) groups excluding carboxylic acids is 1. The lowest BCUT2D eigenvalue weighted by Crippen LogP contribution is -2.24. The predicted octanol–water partition coefficient (Wildman–Crippen LogP) is 6.39. The Morgan fingerprint density at radius 1 is 0.966 bits per heavy atom. The Labute approximate surface area is 175 Å². The highest BCUT2D eigenvalue weighted by Gasteiger charge is 2.24. The van der Waals surface area contributed by atoms with E-state index in [1.807, 2.05) is 36.7 Å². The van der Waals surface area contributed by atoms with Crippen LogP contribution in [0.15, 0.2) is 36.7 Å². The van der Waals surface area contributed by atoms with E-state index in [1.165, 1.54) is 44.1 Å². The van der Waals surface area contributed by atoms with E-state index < -0.39 is 0 Å². The SMILES string of the molecule is CCCCc1cnc(-c2ccc(C(=O)OC3CCC(CCCC)CC3)cc2)nc1. The van der Waals surface area contributed by atoms with Crippen molar-refractivity contribution in [2.45, 2.75) is 84.2 Å². The first-order chi connectivity index (χ1) is 14.2. The van der Waals surface area contributed by atoms with Crippen LogP contribution in [-0.4, -0.2) is 22.0 Å². The lowest BCUT2D eigenvalue weighted by atomic mass is 9.84. The molecule has 4 nitrogen and oxygen atoms in total. The van der Waals surface area contributed by atoms with Crippen molar-refractivity contribution in [2.75, 3.05) is 0 Å². The third-order valence-electron chi connectivity index (χ3n) is 5.94. The number of nitrogens with zero attached hydrogens (tertiary/aromatic N) is 2. The van der Waals surface area contributed by atoms with Gasteiger partial charge >= 0.3 is 5.97 Å². The number of carbonyl (C=O) groups is 1. The van der Waals surface area contributed by atoms with Gasteiger partial charge in [-0.3, -0.25) is 0 Å². The molecule has 0 unspecified atom stereocenters. The second-order valence-corrected chi connectivity index (χ2v) is 8.29. The second-order valence-electron chi connectivity index (χ2n) is 8.29. The number of hydrogen-bond acceptors (Lipinski definition) is 4. The van der Waals surface area contributed by atoms with Crippen molar-refractivity contribution >= 4 is 5.97 Å². The number of benzene rings is 1. The Morgan fingerprint density at radius 3 is 2.24 bits per heavy atom. The molecule has 4 heteroatoms. The van der Waals surface area contributed by atoms with Crippen molar-refractivity contribution in [2.24, 2.45) is 5.92 Å². The first-order valence-electron chi connectivity index (χ1n) is 11.3. The summed E-state index contributed by atoms with van der Waals surface area (Å²) in [6.45, 7) is 4.42. The summed E-state index contributed by atoms with van der Waals surface area (Å²) in [6, 6.07) is 7.44. The molecule has 1 aromatic heterocycles. The van der Waals surface area contributed by atoms with E-state index in [-0.39, 0.29) is 12.1 Å². The van der Waals surface area contributed by atoms with Gasteiger partial charge in [-0.15, -0.1) is 0 Å². The highest BCUT2D eigenvalue weighted by Crippen LogP contribution is 2.30.